The van der Waals surface area contributed by atoms with E-state index in [9.17, 15) is 26.3 Å². The van der Waals surface area contributed by atoms with Gasteiger partial charge in [0.2, 0.25) is 0 Å². The molecule has 0 fully saturated rings. The van der Waals surface area contributed by atoms with Gasteiger partial charge in [-0.25, -0.2) is 0 Å². The monoisotopic (exact) mass is 287 g/mol. The number of benzene rings is 1. The van der Waals surface area contributed by atoms with E-state index in [1.54, 1.807) is 0 Å². The summed E-state index contributed by atoms with van der Waals surface area (Å²) in [5.41, 5.74) is -0.140. The normalized spacial score (nSPS) is 12.7. The van der Waals surface area contributed by atoms with E-state index in [1.807, 2.05) is 0 Å². The summed E-state index contributed by atoms with van der Waals surface area (Å²) in [6.07, 6.45) is -10.2. The van der Waals surface area contributed by atoms with Gasteiger partial charge in [0.25, 0.3) is 0 Å². The van der Waals surface area contributed by atoms with Gasteiger partial charge in [-0.3, -0.25) is 0 Å². The summed E-state index contributed by atoms with van der Waals surface area (Å²) in [7, 11) is 0. The number of hydrogen-bond donors (Lipinski definition) is 0. The summed E-state index contributed by atoms with van der Waals surface area (Å²) in [4.78, 5) is 0. The third kappa shape index (κ3) is 4.88. The minimum absolute atomic E-state index is 0.140. The largest absolute Gasteiger partial charge is 0.573 e. The first-order chi connectivity index (χ1) is 8.49. The van der Waals surface area contributed by atoms with Gasteiger partial charge in [0.15, 0.2) is 11.5 Å². The molecule has 0 aromatic heterocycles. The van der Waals surface area contributed by atoms with Crippen LogP contribution >= 0.6 is 0 Å². The summed E-state index contributed by atoms with van der Waals surface area (Å²) in [6.45, 7) is 4.87. The zero-order chi connectivity index (χ0) is 14.8. The molecule has 0 aliphatic carbocycles. The highest BCUT2D eigenvalue weighted by Crippen LogP contribution is 2.40. The molecule has 1 rings (SSSR count). The van der Waals surface area contributed by atoms with Crippen LogP contribution in [0.15, 0.2) is 18.2 Å². The van der Waals surface area contributed by atoms with Crippen LogP contribution in [0.4, 0.5) is 26.3 Å². The van der Waals surface area contributed by atoms with Crippen LogP contribution in [0.25, 0.3) is 0 Å². The number of rotatable bonds is 3. The van der Waals surface area contributed by atoms with Gasteiger partial charge in [-0.2, -0.15) is 0 Å². The molecule has 0 aliphatic rings. The van der Waals surface area contributed by atoms with Crippen molar-refractivity contribution in [2.45, 2.75) is 25.6 Å². The summed E-state index contributed by atoms with van der Waals surface area (Å²) in [6, 6.07) is 3.05. The zero-order valence-corrected chi connectivity index (χ0v) is 9.60. The summed E-state index contributed by atoms with van der Waals surface area (Å²) < 4.78 is 80.1. The molecule has 2 nitrogen and oxygen atoms in total. The summed E-state index contributed by atoms with van der Waals surface area (Å²) >= 11 is 0. The highest BCUT2D eigenvalue weighted by atomic mass is 19.4. The molecule has 1 aromatic carbocycles. The van der Waals surface area contributed by atoms with Gasteiger partial charge in [-0.1, -0.05) is 19.1 Å². The minimum atomic E-state index is -5.13. The lowest BCUT2D eigenvalue weighted by molar-refractivity contribution is -0.287. The predicted octanol–water partition coefficient (Wildman–Crippen LogP) is 4.42. The van der Waals surface area contributed by atoms with E-state index < -0.39 is 30.1 Å². The molecule has 0 aliphatic heterocycles. The second-order valence-corrected chi connectivity index (χ2v) is 3.67. The van der Waals surface area contributed by atoms with Crippen LogP contribution in [0.5, 0.6) is 11.5 Å². The predicted molar refractivity (Wildman–Crippen MR) is 53.6 cm³/mol. The minimum Gasteiger partial charge on any atom is -0.402 e. The number of halogens is 6. The standard InChI is InChI=1S/C11H9F6O2/c1-6(2)7-4-3-5-8(18-10(12,13)14)9(7)19-11(15,16)17/h3-6H,1H2,2H3. The fraction of sp³-hybridized carbons (Fsp3) is 0.364. The van der Waals surface area contributed by atoms with Gasteiger partial charge in [-0.15, -0.1) is 26.3 Å². The van der Waals surface area contributed by atoms with Crippen molar-refractivity contribution in [3.63, 3.8) is 0 Å². The number of ether oxygens (including phenoxy) is 2. The first kappa shape index (κ1) is 15.5. The Morgan fingerprint density at radius 2 is 1.53 bits per heavy atom. The molecule has 8 heteroatoms. The van der Waals surface area contributed by atoms with Gasteiger partial charge >= 0.3 is 12.7 Å². The Balaban J connectivity index is 3.26. The number of hydrogen-bond acceptors (Lipinski definition) is 2. The second-order valence-electron chi connectivity index (χ2n) is 3.67. The first-order valence-corrected chi connectivity index (χ1v) is 4.97. The molecule has 1 unspecified atom stereocenters. The van der Waals surface area contributed by atoms with Crippen LogP contribution < -0.4 is 9.47 Å². The lowest BCUT2D eigenvalue weighted by Gasteiger charge is -2.19. The molecular weight excluding hydrogens is 278 g/mol. The Kier molecular flexibility index (Phi) is 4.21. The van der Waals surface area contributed by atoms with Gasteiger partial charge in [-0.05, 0) is 18.9 Å². The smallest absolute Gasteiger partial charge is 0.402 e. The van der Waals surface area contributed by atoms with Crippen molar-refractivity contribution in [2.75, 3.05) is 0 Å². The van der Waals surface area contributed by atoms with E-state index in [0.717, 1.165) is 12.1 Å². The molecule has 0 N–H and O–H groups in total. The third-order valence-corrected chi connectivity index (χ3v) is 1.98. The number of alkyl halides is 6. The van der Waals surface area contributed by atoms with Gasteiger partial charge in [0, 0.05) is 5.56 Å². The van der Waals surface area contributed by atoms with Gasteiger partial charge in [0.05, 0.1) is 0 Å². The summed E-state index contributed by atoms with van der Waals surface area (Å²) in [5.74, 6) is -2.80. The molecule has 1 radical (unpaired) electrons. The topological polar surface area (TPSA) is 18.5 Å². The maximum atomic E-state index is 12.2. The fourth-order valence-electron chi connectivity index (χ4n) is 1.35. The van der Waals surface area contributed by atoms with Crippen LogP contribution in [-0.2, 0) is 0 Å². The van der Waals surface area contributed by atoms with Crippen molar-refractivity contribution >= 4 is 0 Å². The molecule has 0 amide bonds. The molecule has 19 heavy (non-hydrogen) atoms. The van der Waals surface area contributed by atoms with Crippen LogP contribution in [-0.4, -0.2) is 12.7 Å². The van der Waals surface area contributed by atoms with Crippen molar-refractivity contribution in [2.24, 2.45) is 0 Å². The molecule has 0 bridgehead atoms. The van der Waals surface area contributed by atoms with Crippen molar-refractivity contribution < 1.29 is 35.8 Å². The third-order valence-electron chi connectivity index (χ3n) is 1.98. The average Bonchev–Trinajstić information content (AvgIpc) is 2.15. The highest BCUT2D eigenvalue weighted by Gasteiger charge is 2.37. The van der Waals surface area contributed by atoms with E-state index in [4.69, 9.17) is 0 Å². The Morgan fingerprint density at radius 3 is 1.95 bits per heavy atom. The SMILES string of the molecule is [CH2]C(C)c1cccc(OC(F)(F)F)c1OC(F)(F)F. The molecule has 0 saturated heterocycles. The maximum Gasteiger partial charge on any atom is 0.573 e. The van der Waals surface area contributed by atoms with Gasteiger partial charge < -0.3 is 9.47 Å². The van der Waals surface area contributed by atoms with Crippen molar-refractivity contribution in [3.05, 3.63) is 30.7 Å². The molecule has 1 aromatic rings. The van der Waals surface area contributed by atoms with Gasteiger partial charge in [0.1, 0.15) is 0 Å². The van der Waals surface area contributed by atoms with Crippen LogP contribution in [0.1, 0.15) is 18.4 Å². The molecule has 0 spiro atoms. The molecular formula is C11H9F6O2. The quantitative estimate of drug-likeness (QED) is 0.766. The van der Waals surface area contributed by atoms with E-state index in [2.05, 4.69) is 16.4 Å². The summed E-state index contributed by atoms with van der Waals surface area (Å²) in [5, 5.41) is 0. The van der Waals surface area contributed by atoms with Crippen molar-refractivity contribution in [3.8, 4) is 11.5 Å². The van der Waals surface area contributed by atoms with Crippen LogP contribution in [0.2, 0.25) is 0 Å². The molecule has 0 heterocycles. The molecule has 1 atom stereocenters. The average molecular weight is 287 g/mol. The van der Waals surface area contributed by atoms with E-state index >= 15 is 0 Å². The first-order valence-electron chi connectivity index (χ1n) is 4.97. The van der Waals surface area contributed by atoms with E-state index in [-0.39, 0.29) is 5.56 Å². The molecule has 107 valence electrons. The van der Waals surface area contributed by atoms with E-state index in [0.29, 0.717) is 0 Å². The van der Waals surface area contributed by atoms with Crippen LogP contribution in [0.3, 0.4) is 0 Å². The Labute approximate surface area is 104 Å². The van der Waals surface area contributed by atoms with Crippen molar-refractivity contribution in [1.82, 2.24) is 0 Å². The Morgan fingerprint density at radius 1 is 1.00 bits per heavy atom. The molecule has 0 saturated carbocycles. The highest BCUT2D eigenvalue weighted by molar-refractivity contribution is 5.48. The van der Waals surface area contributed by atoms with E-state index in [1.165, 1.54) is 13.0 Å². The van der Waals surface area contributed by atoms with Crippen LogP contribution in [0, 0.1) is 6.92 Å². The fourth-order valence-corrected chi connectivity index (χ4v) is 1.35. The van der Waals surface area contributed by atoms with Crippen molar-refractivity contribution in [1.29, 1.82) is 0 Å². The number of para-hydroxylation sites is 1. The second kappa shape index (κ2) is 5.18. The lowest BCUT2D eigenvalue weighted by Crippen LogP contribution is -2.22. The Bertz CT molecular complexity index is 436. The lowest BCUT2D eigenvalue weighted by atomic mass is 10.0. The Hall–Kier alpha value is -1.60. The zero-order valence-electron chi connectivity index (χ0n) is 9.60. The maximum absolute atomic E-state index is 12.2.